The molecule has 8 heteroatoms. The van der Waals surface area contributed by atoms with Crippen molar-refractivity contribution in [2.24, 2.45) is 0 Å². The summed E-state index contributed by atoms with van der Waals surface area (Å²) in [6.45, 7) is 5.34. The molecular formula is C10H12ClN3O2S2. The molecule has 0 fully saturated rings. The molecule has 0 saturated heterocycles. The second-order valence-corrected chi connectivity index (χ2v) is 6.67. The van der Waals surface area contributed by atoms with Crippen LogP contribution in [-0.4, -0.2) is 23.8 Å². The Morgan fingerprint density at radius 3 is 3.11 bits per heavy atom. The Labute approximate surface area is 114 Å². The number of sulfonamides is 1. The third-order valence-corrected chi connectivity index (χ3v) is 5.05. The van der Waals surface area contributed by atoms with Crippen LogP contribution in [-0.2, 0) is 10.0 Å². The van der Waals surface area contributed by atoms with Crippen LogP contribution in [0.15, 0.2) is 29.3 Å². The molecule has 0 amide bonds. The molecule has 0 aliphatic carbocycles. The van der Waals surface area contributed by atoms with Crippen LogP contribution in [0.2, 0.25) is 5.15 Å². The first-order valence-corrected chi connectivity index (χ1v) is 7.94. The lowest BCUT2D eigenvalue weighted by Gasteiger charge is -2.11. The summed E-state index contributed by atoms with van der Waals surface area (Å²) in [7, 11) is -3.69. The smallest absolute Gasteiger partial charge is 0.260 e. The summed E-state index contributed by atoms with van der Waals surface area (Å²) in [4.78, 5) is 4.55. The number of halogens is 1. The zero-order valence-electron chi connectivity index (χ0n) is 9.63. The van der Waals surface area contributed by atoms with Crippen LogP contribution in [0.5, 0.6) is 0 Å². The van der Waals surface area contributed by atoms with E-state index in [0.717, 1.165) is 0 Å². The van der Waals surface area contributed by atoms with Crippen LogP contribution in [0.4, 0.5) is 0 Å². The van der Waals surface area contributed by atoms with E-state index in [1.807, 2.05) is 0 Å². The van der Waals surface area contributed by atoms with Crippen molar-refractivity contribution in [2.75, 3.05) is 0 Å². The molecule has 5 nitrogen and oxygen atoms in total. The summed E-state index contributed by atoms with van der Waals surface area (Å²) >= 11 is 7.22. The fourth-order valence-electron chi connectivity index (χ4n) is 1.60. The maximum Gasteiger partial charge on any atom is 0.260 e. The number of nitrogens with one attached hydrogen (secondary N) is 1. The van der Waals surface area contributed by atoms with Crippen LogP contribution >= 0.6 is 22.9 Å². The first kappa shape index (κ1) is 13.5. The Morgan fingerprint density at radius 2 is 2.44 bits per heavy atom. The number of fused-ring (bicyclic) bond motifs is 1. The molecule has 0 spiro atoms. The van der Waals surface area contributed by atoms with Gasteiger partial charge in [-0.15, -0.1) is 17.9 Å². The van der Waals surface area contributed by atoms with Gasteiger partial charge in [-0.3, -0.25) is 4.40 Å². The van der Waals surface area contributed by atoms with E-state index in [4.69, 9.17) is 11.6 Å². The average Bonchev–Trinajstić information content (AvgIpc) is 2.75. The molecule has 98 valence electrons. The Morgan fingerprint density at radius 1 is 1.72 bits per heavy atom. The van der Waals surface area contributed by atoms with Crippen molar-refractivity contribution in [3.63, 3.8) is 0 Å². The highest BCUT2D eigenvalue weighted by molar-refractivity contribution is 7.89. The molecule has 0 radical (unpaired) electrons. The molecule has 0 aromatic carbocycles. The van der Waals surface area contributed by atoms with E-state index < -0.39 is 10.0 Å². The number of thiazole rings is 1. The number of aromatic nitrogens is 2. The number of nitrogens with zero attached hydrogens (tertiary/aromatic N) is 2. The van der Waals surface area contributed by atoms with E-state index in [9.17, 15) is 8.42 Å². The van der Waals surface area contributed by atoms with Crippen molar-refractivity contribution in [1.29, 1.82) is 0 Å². The third kappa shape index (κ3) is 2.44. The predicted molar refractivity (Wildman–Crippen MR) is 72.7 cm³/mol. The second-order valence-electron chi connectivity index (χ2n) is 3.81. The summed E-state index contributed by atoms with van der Waals surface area (Å²) in [6, 6.07) is -0.243. The largest absolute Gasteiger partial charge is 0.279 e. The highest BCUT2D eigenvalue weighted by atomic mass is 35.5. The van der Waals surface area contributed by atoms with E-state index in [1.54, 1.807) is 24.6 Å². The molecule has 2 aromatic heterocycles. The van der Waals surface area contributed by atoms with Crippen molar-refractivity contribution in [3.8, 4) is 0 Å². The summed E-state index contributed by atoms with van der Waals surface area (Å²) in [5, 5.41) is 1.72. The minimum Gasteiger partial charge on any atom is -0.279 e. The Bertz CT molecular complexity index is 674. The van der Waals surface area contributed by atoms with Crippen molar-refractivity contribution >= 4 is 37.9 Å². The monoisotopic (exact) mass is 305 g/mol. The van der Waals surface area contributed by atoms with E-state index in [2.05, 4.69) is 16.3 Å². The maximum atomic E-state index is 12.2. The number of hydrogen-bond donors (Lipinski definition) is 1. The second kappa shape index (κ2) is 5.00. The first-order chi connectivity index (χ1) is 8.45. The summed E-state index contributed by atoms with van der Waals surface area (Å²) < 4.78 is 28.5. The van der Waals surface area contributed by atoms with Gasteiger partial charge in [0.05, 0.1) is 0 Å². The molecule has 0 aliphatic heterocycles. The molecule has 0 saturated carbocycles. The lowest BCUT2D eigenvalue weighted by Crippen LogP contribution is -2.33. The van der Waals surface area contributed by atoms with Crippen LogP contribution in [0, 0.1) is 0 Å². The molecule has 2 aromatic rings. The van der Waals surface area contributed by atoms with E-state index in [1.165, 1.54) is 15.7 Å². The van der Waals surface area contributed by atoms with E-state index in [-0.39, 0.29) is 16.2 Å². The van der Waals surface area contributed by atoms with Crippen molar-refractivity contribution < 1.29 is 8.42 Å². The highest BCUT2D eigenvalue weighted by Gasteiger charge is 2.26. The fraction of sp³-hybridized carbons (Fsp3) is 0.300. The standard InChI is InChI=1S/C10H12ClN3O2S2/c1-3-4-7(2)13-18(15,16)9-8(11)12-10-14(9)5-6-17-10/h3,5-7,13H,1,4H2,2H3. The normalized spacial score (nSPS) is 13.9. The van der Waals surface area contributed by atoms with Gasteiger partial charge in [-0.2, -0.15) is 0 Å². The lowest BCUT2D eigenvalue weighted by atomic mass is 10.3. The first-order valence-electron chi connectivity index (χ1n) is 5.20. The zero-order chi connectivity index (χ0) is 13.3. The van der Waals surface area contributed by atoms with Gasteiger partial charge in [0.25, 0.3) is 10.0 Å². The fourth-order valence-corrected chi connectivity index (χ4v) is 4.31. The Kier molecular flexibility index (Phi) is 3.76. The van der Waals surface area contributed by atoms with Crippen LogP contribution in [0.3, 0.4) is 0 Å². The molecule has 2 rings (SSSR count). The average molecular weight is 306 g/mol. The number of imidazole rings is 1. The van der Waals surface area contributed by atoms with Gasteiger partial charge in [0.15, 0.2) is 15.1 Å². The van der Waals surface area contributed by atoms with Gasteiger partial charge in [0, 0.05) is 17.6 Å². The molecule has 1 unspecified atom stereocenters. The van der Waals surface area contributed by atoms with Crippen molar-refractivity contribution in [1.82, 2.24) is 14.1 Å². The maximum absolute atomic E-state index is 12.2. The third-order valence-electron chi connectivity index (χ3n) is 2.31. The van der Waals surface area contributed by atoms with Crippen LogP contribution < -0.4 is 4.72 Å². The van der Waals surface area contributed by atoms with Gasteiger partial charge in [-0.1, -0.05) is 17.7 Å². The van der Waals surface area contributed by atoms with Crippen LogP contribution in [0.1, 0.15) is 13.3 Å². The SMILES string of the molecule is C=CCC(C)NS(=O)(=O)c1c(Cl)nc2sccn12. The molecule has 18 heavy (non-hydrogen) atoms. The summed E-state index contributed by atoms with van der Waals surface area (Å²) in [5.41, 5.74) is 0. The van der Waals surface area contributed by atoms with Gasteiger partial charge in [-0.05, 0) is 13.3 Å². The topological polar surface area (TPSA) is 63.5 Å². The van der Waals surface area contributed by atoms with Gasteiger partial charge < -0.3 is 0 Å². The molecule has 1 atom stereocenters. The van der Waals surface area contributed by atoms with Gasteiger partial charge >= 0.3 is 0 Å². The molecule has 0 bridgehead atoms. The Balaban J connectivity index is 2.43. The summed E-state index contributed by atoms with van der Waals surface area (Å²) in [5.74, 6) is 0. The minimum absolute atomic E-state index is 0.0137. The lowest BCUT2D eigenvalue weighted by molar-refractivity contribution is 0.557. The predicted octanol–water partition coefficient (Wildman–Crippen LogP) is 2.29. The minimum atomic E-state index is -3.69. The van der Waals surface area contributed by atoms with E-state index >= 15 is 0 Å². The highest BCUT2D eigenvalue weighted by Crippen LogP contribution is 2.25. The molecule has 0 aliphatic rings. The van der Waals surface area contributed by atoms with Crippen molar-refractivity contribution in [3.05, 3.63) is 29.4 Å². The zero-order valence-corrected chi connectivity index (χ0v) is 12.0. The molecular weight excluding hydrogens is 294 g/mol. The van der Waals surface area contributed by atoms with Crippen molar-refractivity contribution in [2.45, 2.75) is 24.4 Å². The summed E-state index contributed by atoms with van der Waals surface area (Å²) in [6.07, 6.45) is 3.83. The molecule has 2 heterocycles. The van der Waals surface area contributed by atoms with Crippen LogP contribution in [0.25, 0.3) is 4.96 Å². The van der Waals surface area contributed by atoms with E-state index in [0.29, 0.717) is 11.4 Å². The molecule has 1 N–H and O–H groups in total. The quantitative estimate of drug-likeness (QED) is 0.862. The van der Waals surface area contributed by atoms with Gasteiger partial charge in [-0.25, -0.2) is 18.1 Å². The van der Waals surface area contributed by atoms with Gasteiger partial charge in [0.2, 0.25) is 0 Å². The number of hydrogen-bond acceptors (Lipinski definition) is 4. The van der Waals surface area contributed by atoms with Gasteiger partial charge in [0.1, 0.15) is 0 Å². The number of rotatable bonds is 5. The Hall–Kier alpha value is -0.890.